The van der Waals surface area contributed by atoms with Gasteiger partial charge < -0.3 is 9.32 Å². The van der Waals surface area contributed by atoms with Crippen LogP contribution in [0.5, 0.6) is 0 Å². The maximum absolute atomic E-state index is 7.02. The highest BCUT2D eigenvalue weighted by atomic mass is 16.3. The fourth-order valence-electron chi connectivity index (χ4n) is 6.91. The van der Waals surface area contributed by atoms with Gasteiger partial charge in [-0.25, -0.2) is 0 Å². The second-order valence-electron chi connectivity index (χ2n) is 12.7. The Hall–Kier alpha value is -5.34. The zero-order chi connectivity index (χ0) is 30.4. The summed E-state index contributed by atoms with van der Waals surface area (Å²) in [6, 6.07) is 45.8. The van der Waals surface area contributed by atoms with Crippen LogP contribution in [0.2, 0.25) is 0 Å². The van der Waals surface area contributed by atoms with E-state index in [1.807, 2.05) is 0 Å². The lowest BCUT2D eigenvalue weighted by Gasteiger charge is -2.26. The molecule has 0 atom stereocenters. The maximum Gasteiger partial charge on any atom is 0.159 e. The van der Waals surface area contributed by atoms with Crippen LogP contribution in [-0.4, -0.2) is 0 Å². The fraction of sp³-hybridized carbons (Fsp3) is 0.116. The monoisotopic (exact) mass is 581 g/mol. The van der Waals surface area contributed by atoms with E-state index >= 15 is 0 Å². The number of hydrogen-bond acceptors (Lipinski definition) is 2. The van der Waals surface area contributed by atoms with E-state index in [0.717, 1.165) is 46.5 Å². The van der Waals surface area contributed by atoms with Crippen LogP contribution in [0.25, 0.3) is 43.8 Å². The van der Waals surface area contributed by atoms with Gasteiger partial charge in [0.25, 0.3) is 0 Å². The van der Waals surface area contributed by atoms with E-state index in [-0.39, 0.29) is 5.41 Å². The first-order valence-electron chi connectivity index (χ1n) is 15.8. The first-order chi connectivity index (χ1) is 22.1. The summed E-state index contributed by atoms with van der Waals surface area (Å²) in [5, 5.41) is 4.73. The van der Waals surface area contributed by atoms with Gasteiger partial charge in [-0.15, -0.1) is 0 Å². The molecule has 0 unspecified atom stereocenters. The molecule has 2 nitrogen and oxygen atoms in total. The van der Waals surface area contributed by atoms with E-state index in [4.69, 9.17) is 4.42 Å². The number of hydrogen-bond donors (Lipinski definition) is 0. The van der Waals surface area contributed by atoms with Gasteiger partial charge in [-0.1, -0.05) is 135 Å². The Labute approximate surface area is 264 Å². The molecule has 0 bridgehead atoms. The third kappa shape index (κ3) is 4.84. The fourth-order valence-corrected chi connectivity index (χ4v) is 6.91. The summed E-state index contributed by atoms with van der Waals surface area (Å²) in [7, 11) is 0. The Morgan fingerprint density at radius 3 is 2.13 bits per heavy atom. The molecular weight excluding hydrogens is 546 g/mol. The van der Waals surface area contributed by atoms with Gasteiger partial charge in [-0.05, 0) is 76.1 Å². The lowest BCUT2D eigenvalue weighted by molar-refractivity contribution is 0.528. The van der Waals surface area contributed by atoms with Crippen LogP contribution in [0.15, 0.2) is 156 Å². The van der Waals surface area contributed by atoms with Crippen LogP contribution in [0, 0.1) is 0 Å². The SMILES string of the molecule is CC1(C)C/C=C\C=C/Cc2c1ccc1c2oc2c(N(c3ccc(-c4ccccc4)cc3)c3ccc4ccccc4c3)cccc21. The van der Waals surface area contributed by atoms with E-state index in [2.05, 4.69) is 170 Å². The lowest BCUT2D eigenvalue weighted by Crippen LogP contribution is -2.18. The van der Waals surface area contributed by atoms with Crippen molar-refractivity contribution in [3.05, 3.63) is 163 Å². The molecule has 7 aromatic rings. The summed E-state index contributed by atoms with van der Waals surface area (Å²) in [6.07, 6.45) is 10.7. The third-order valence-corrected chi connectivity index (χ3v) is 9.28. The highest BCUT2D eigenvalue weighted by molar-refractivity contribution is 6.11. The van der Waals surface area contributed by atoms with Crippen LogP contribution < -0.4 is 4.90 Å². The second kappa shape index (κ2) is 11.0. The van der Waals surface area contributed by atoms with Gasteiger partial charge in [0.15, 0.2) is 5.58 Å². The highest BCUT2D eigenvalue weighted by Crippen LogP contribution is 2.45. The van der Waals surface area contributed by atoms with Crippen molar-refractivity contribution in [3.63, 3.8) is 0 Å². The average Bonchev–Trinajstić information content (AvgIpc) is 3.49. The van der Waals surface area contributed by atoms with Gasteiger partial charge in [0.1, 0.15) is 5.58 Å². The number of allylic oxidation sites excluding steroid dienone is 4. The molecule has 1 aliphatic carbocycles. The normalized spacial score (nSPS) is 15.7. The molecule has 1 aromatic heterocycles. The summed E-state index contributed by atoms with van der Waals surface area (Å²) in [4.78, 5) is 2.34. The van der Waals surface area contributed by atoms with E-state index in [0.29, 0.717) is 0 Å². The van der Waals surface area contributed by atoms with Crippen molar-refractivity contribution in [2.45, 2.75) is 32.1 Å². The van der Waals surface area contributed by atoms with Gasteiger partial charge in [-0.2, -0.15) is 0 Å². The molecule has 6 aromatic carbocycles. The topological polar surface area (TPSA) is 16.4 Å². The quantitative estimate of drug-likeness (QED) is 0.206. The molecular formula is C43H35NO. The molecule has 0 spiro atoms. The Balaban J connectivity index is 1.35. The molecule has 0 N–H and O–H groups in total. The summed E-state index contributed by atoms with van der Waals surface area (Å²) in [5.74, 6) is 0. The van der Waals surface area contributed by atoms with E-state index in [9.17, 15) is 0 Å². The molecule has 1 heterocycles. The molecule has 0 fully saturated rings. The van der Waals surface area contributed by atoms with Crippen LogP contribution in [0.3, 0.4) is 0 Å². The van der Waals surface area contributed by atoms with Crippen LogP contribution in [0.4, 0.5) is 17.1 Å². The summed E-state index contributed by atoms with van der Waals surface area (Å²) < 4.78 is 7.02. The Bertz CT molecular complexity index is 2230. The second-order valence-corrected chi connectivity index (χ2v) is 12.7. The number of nitrogens with zero attached hydrogens (tertiary/aromatic N) is 1. The first-order valence-corrected chi connectivity index (χ1v) is 15.8. The molecule has 45 heavy (non-hydrogen) atoms. The van der Waals surface area contributed by atoms with Crippen molar-refractivity contribution in [2.75, 3.05) is 4.90 Å². The molecule has 0 saturated carbocycles. The molecule has 0 amide bonds. The number of fused-ring (bicyclic) bond motifs is 6. The van der Waals surface area contributed by atoms with Crippen LogP contribution in [0.1, 0.15) is 31.4 Å². The van der Waals surface area contributed by atoms with Gasteiger partial charge in [0.2, 0.25) is 0 Å². The van der Waals surface area contributed by atoms with Crippen LogP contribution >= 0.6 is 0 Å². The number of para-hydroxylation sites is 1. The van der Waals surface area contributed by atoms with Gasteiger partial charge in [-0.3, -0.25) is 0 Å². The number of anilines is 3. The minimum atomic E-state index is 0.00543. The lowest BCUT2D eigenvalue weighted by atomic mass is 9.78. The molecule has 8 rings (SSSR count). The smallest absolute Gasteiger partial charge is 0.159 e. The van der Waals surface area contributed by atoms with Crippen molar-refractivity contribution in [2.24, 2.45) is 0 Å². The predicted octanol–water partition coefficient (Wildman–Crippen LogP) is 12.2. The van der Waals surface area contributed by atoms with Crippen molar-refractivity contribution >= 4 is 49.8 Å². The third-order valence-electron chi connectivity index (χ3n) is 9.28. The minimum Gasteiger partial charge on any atom is -0.454 e. The molecule has 2 heteroatoms. The molecule has 218 valence electrons. The molecule has 0 aliphatic heterocycles. The summed E-state index contributed by atoms with van der Waals surface area (Å²) >= 11 is 0. The zero-order valence-electron chi connectivity index (χ0n) is 25.7. The van der Waals surface area contributed by atoms with Crippen molar-refractivity contribution < 1.29 is 4.42 Å². The van der Waals surface area contributed by atoms with Gasteiger partial charge in [0.05, 0.1) is 5.69 Å². The predicted molar refractivity (Wildman–Crippen MR) is 191 cm³/mol. The Morgan fingerprint density at radius 2 is 1.29 bits per heavy atom. The minimum absolute atomic E-state index is 0.00543. The first kappa shape index (κ1) is 27.2. The van der Waals surface area contributed by atoms with Crippen molar-refractivity contribution in [1.29, 1.82) is 0 Å². The zero-order valence-corrected chi connectivity index (χ0v) is 25.7. The molecule has 0 saturated heterocycles. The summed E-state index contributed by atoms with van der Waals surface area (Å²) in [6.45, 7) is 4.67. The average molecular weight is 582 g/mol. The number of furan rings is 1. The van der Waals surface area contributed by atoms with Crippen LogP contribution in [-0.2, 0) is 11.8 Å². The van der Waals surface area contributed by atoms with E-state index in [1.54, 1.807) is 0 Å². The Morgan fingerprint density at radius 1 is 0.578 bits per heavy atom. The van der Waals surface area contributed by atoms with Gasteiger partial charge in [0, 0.05) is 27.7 Å². The number of benzene rings is 6. The summed E-state index contributed by atoms with van der Waals surface area (Å²) in [5.41, 5.74) is 10.1. The Kier molecular flexibility index (Phi) is 6.64. The van der Waals surface area contributed by atoms with E-state index in [1.165, 1.54) is 38.4 Å². The maximum atomic E-state index is 7.02. The van der Waals surface area contributed by atoms with E-state index < -0.39 is 0 Å². The molecule has 0 radical (unpaired) electrons. The van der Waals surface area contributed by atoms with Crippen molar-refractivity contribution in [3.8, 4) is 11.1 Å². The largest absolute Gasteiger partial charge is 0.454 e. The standard InChI is InChI=1S/C43H35NO/c1-43(2)28-11-4-3-8-17-38-39(43)27-26-37-36-18-12-19-40(42(36)45-41(37)38)44(35-25-22-31-15-9-10-16-33(31)29-35)34-23-20-32(21-24-34)30-13-6-5-7-14-30/h3-16,18-27,29H,17,28H2,1-2H3/b8-3-,11-4-. The van der Waals surface area contributed by atoms with Crippen molar-refractivity contribution in [1.82, 2.24) is 0 Å². The highest BCUT2D eigenvalue weighted by Gasteiger charge is 2.27. The number of rotatable bonds is 4. The van der Waals surface area contributed by atoms with Gasteiger partial charge >= 0.3 is 0 Å². The molecule has 1 aliphatic rings.